The Labute approximate surface area is 228 Å². The minimum absolute atomic E-state index is 0.132. The van der Waals surface area contributed by atoms with Gasteiger partial charge in [-0.1, -0.05) is 47.1 Å². The zero-order valence-corrected chi connectivity index (χ0v) is 23.4. The molecular formula is C28H39F3N2O4S. The van der Waals surface area contributed by atoms with Crippen LogP contribution in [0.15, 0.2) is 64.1 Å². The number of carbonyl (C=O) groups is 2. The van der Waals surface area contributed by atoms with E-state index in [1.807, 2.05) is 6.92 Å². The number of hydrogen-bond acceptors (Lipinski definition) is 6. The highest BCUT2D eigenvalue weighted by Crippen LogP contribution is 2.26. The van der Waals surface area contributed by atoms with E-state index in [-0.39, 0.29) is 31.9 Å². The Balaban J connectivity index is 2.81. The van der Waals surface area contributed by atoms with Crippen LogP contribution in [0.3, 0.4) is 0 Å². The fourth-order valence-electron chi connectivity index (χ4n) is 3.19. The molecule has 0 radical (unpaired) electrons. The summed E-state index contributed by atoms with van der Waals surface area (Å²) >= 11 is 1.37. The molecule has 1 aromatic carbocycles. The summed E-state index contributed by atoms with van der Waals surface area (Å²) in [6.07, 6.45) is 5.25. The Morgan fingerprint density at radius 3 is 2.24 bits per heavy atom. The summed E-state index contributed by atoms with van der Waals surface area (Å²) in [4.78, 5) is 29.4. The van der Waals surface area contributed by atoms with Crippen molar-refractivity contribution < 1.29 is 32.3 Å². The maximum atomic E-state index is 13.1. The average molecular weight is 557 g/mol. The summed E-state index contributed by atoms with van der Waals surface area (Å²) in [7, 11) is 0. The third kappa shape index (κ3) is 13.8. The zero-order chi connectivity index (χ0) is 28.6. The van der Waals surface area contributed by atoms with Gasteiger partial charge in [-0.25, -0.2) is 4.79 Å². The minimum Gasteiger partial charge on any atom is -0.378 e. The molecule has 1 rings (SSSR count). The minimum atomic E-state index is -5.24. The van der Waals surface area contributed by atoms with Gasteiger partial charge in [0.2, 0.25) is 0 Å². The van der Waals surface area contributed by atoms with E-state index in [1.54, 1.807) is 18.2 Å². The number of carbonyl (C=O) groups excluding carboxylic acids is 2. The molecule has 212 valence electrons. The highest BCUT2D eigenvalue weighted by atomic mass is 32.2. The van der Waals surface area contributed by atoms with Crippen LogP contribution in [0.2, 0.25) is 0 Å². The van der Waals surface area contributed by atoms with Gasteiger partial charge >= 0.3 is 12.1 Å². The van der Waals surface area contributed by atoms with Crippen molar-refractivity contribution in [2.75, 3.05) is 32.1 Å². The summed E-state index contributed by atoms with van der Waals surface area (Å²) in [5, 5.41) is 0.388. The lowest BCUT2D eigenvalue weighted by Crippen LogP contribution is -2.40. The number of amides is 1. The molecule has 0 aliphatic carbocycles. The van der Waals surface area contributed by atoms with Crippen molar-refractivity contribution in [2.45, 2.75) is 64.5 Å². The first kappa shape index (κ1) is 33.5. The monoisotopic (exact) mass is 556 g/mol. The number of nitrogens with two attached hydrogens (primary N) is 1. The largest absolute Gasteiger partial charge is 0.493 e. The van der Waals surface area contributed by atoms with Gasteiger partial charge in [0.25, 0.3) is 5.91 Å². The Bertz CT molecular complexity index is 987. The number of rotatable bonds is 15. The SMILES string of the molecule is CC(C)=CCC/C(C)=C/CC/C(C)=C/CSc1ccccc1C(=O)N(CCOCCN)OC(=O)C(F)(F)F. The van der Waals surface area contributed by atoms with Gasteiger partial charge in [0.1, 0.15) is 0 Å². The smallest absolute Gasteiger partial charge is 0.378 e. The first-order valence-corrected chi connectivity index (χ1v) is 13.5. The molecule has 0 unspecified atom stereocenters. The number of hydroxylamine groups is 2. The van der Waals surface area contributed by atoms with Crippen molar-refractivity contribution in [3.63, 3.8) is 0 Å². The first-order chi connectivity index (χ1) is 18.0. The van der Waals surface area contributed by atoms with E-state index in [2.05, 4.69) is 43.8 Å². The second-order valence-corrected chi connectivity index (χ2v) is 10.0. The zero-order valence-electron chi connectivity index (χ0n) is 22.6. The van der Waals surface area contributed by atoms with Gasteiger partial charge in [-0.3, -0.25) is 4.79 Å². The molecule has 10 heteroatoms. The van der Waals surface area contributed by atoms with Crippen LogP contribution in [0, 0.1) is 0 Å². The molecule has 0 fully saturated rings. The number of allylic oxidation sites excluding steroid dienone is 5. The van der Waals surface area contributed by atoms with E-state index < -0.39 is 18.1 Å². The van der Waals surface area contributed by atoms with Crippen molar-refractivity contribution in [1.29, 1.82) is 0 Å². The summed E-state index contributed by atoms with van der Waals surface area (Å²) in [6, 6.07) is 6.52. The molecule has 0 aromatic heterocycles. The highest BCUT2D eigenvalue weighted by Gasteiger charge is 2.43. The second kappa shape index (κ2) is 17.9. The van der Waals surface area contributed by atoms with Crippen LogP contribution >= 0.6 is 11.8 Å². The fourth-order valence-corrected chi connectivity index (χ4v) is 4.22. The number of alkyl halides is 3. The summed E-state index contributed by atoms with van der Waals surface area (Å²) in [5.41, 5.74) is 9.35. The number of benzene rings is 1. The molecule has 0 heterocycles. The Morgan fingerprint density at radius 1 is 0.974 bits per heavy atom. The van der Waals surface area contributed by atoms with E-state index >= 15 is 0 Å². The Kier molecular flexibility index (Phi) is 15.7. The van der Waals surface area contributed by atoms with E-state index in [0.29, 0.717) is 15.7 Å². The third-order valence-corrected chi connectivity index (χ3v) is 6.26. The normalized spacial score (nSPS) is 12.3. The molecular weight excluding hydrogens is 517 g/mol. The van der Waals surface area contributed by atoms with Crippen LogP contribution in [0.4, 0.5) is 13.2 Å². The molecule has 2 N–H and O–H groups in total. The molecule has 0 spiro atoms. The van der Waals surface area contributed by atoms with Crippen LogP contribution in [-0.2, 0) is 14.4 Å². The Morgan fingerprint density at radius 2 is 1.61 bits per heavy atom. The maximum absolute atomic E-state index is 13.1. The molecule has 0 atom stereocenters. The summed E-state index contributed by atoms with van der Waals surface area (Å²) in [6.45, 7) is 8.21. The molecule has 0 aliphatic rings. The summed E-state index contributed by atoms with van der Waals surface area (Å²) < 4.78 is 43.5. The molecule has 1 aromatic rings. The van der Waals surface area contributed by atoms with Crippen LogP contribution in [0.5, 0.6) is 0 Å². The number of halogens is 3. The van der Waals surface area contributed by atoms with Crippen molar-refractivity contribution in [1.82, 2.24) is 5.06 Å². The molecule has 38 heavy (non-hydrogen) atoms. The maximum Gasteiger partial charge on any atom is 0.493 e. The highest BCUT2D eigenvalue weighted by molar-refractivity contribution is 7.99. The van der Waals surface area contributed by atoms with Gasteiger partial charge in [0.05, 0.1) is 25.3 Å². The second-order valence-electron chi connectivity index (χ2n) is 8.95. The lowest BCUT2D eigenvalue weighted by molar-refractivity contribution is -0.229. The number of hydrogen-bond donors (Lipinski definition) is 1. The molecule has 0 saturated heterocycles. The lowest BCUT2D eigenvalue weighted by Gasteiger charge is -2.22. The Hall–Kier alpha value is -2.56. The average Bonchev–Trinajstić information content (AvgIpc) is 2.85. The van der Waals surface area contributed by atoms with Gasteiger partial charge < -0.3 is 15.3 Å². The topological polar surface area (TPSA) is 81.9 Å². The van der Waals surface area contributed by atoms with Crippen LogP contribution in [-0.4, -0.2) is 55.2 Å². The van der Waals surface area contributed by atoms with Gasteiger partial charge in [0.15, 0.2) is 0 Å². The quantitative estimate of drug-likeness (QED) is 0.113. The van der Waals surface area contributed by atoms with E-state index in [0.717, 1.165) is 25.7 Å². The van der Waals surface area contributed by atoms with Gasteiger partial charge in [-0.05, 0) is 65.5 Å². The van der Waals surface area contributed by atoms with E-state index in [4.69, 9.17) is 10.5 Å². The standard InChI is InChI=1S/C28H39F3N2O4S/c1-21(2)9-7-10-22(3)11-8-12-23(4)15-20-38-25-14-6-5-13-24(25)26(34)33(17-19-36-18-16-32)37-27(35)28(29,30)31/h5-6,9,11,13-15H,7-8,10,12,16-20,32H2,1-4H3/b22-11+,23-15+. The number of thioether (sulfide) groups is 1. The van der Waals surface area contributed by atoms with Gasteiger partial charge in [0, 0.05) is 17.2 Å². The lowest BCUT2D eigenvalue weighted by atomic mass is 10.1. The molecule has 1 amide bonds. The van der Waals surface area contributed by atoms with Crippen LogP contribution < -0.4 is 5.73 Å². The van der Waals surface area contributed by atoms with Crippen LogP contribution in [0.25, 0.3) is 0 Å². The van der Waals surface area contributed by atoms with Crippen LogP contribution in [0.1, 0.15) is 63.7 Å². The first-order valence-electron chi connectivity index (χ1n) is 12.5. The predicted octanol–water partition coefficient (Wildman–Crippen LogP) is 6.64. The molecule has 0 aliphatic heterocycles. The molecule has 6 nitrogen and oxygen atoms in total. The summed E-state index contributed by atoms with van der Waals surface area (Å²) in [5.74, 6) is -2.77. The van der Waals surface area contributed by atoms with E-state index in [1.165, 1.54) is 34.5 Å². The molecule has 0 bridgehead atoms. The van der Waals surface area contributed by atoms with Crippen molar-refractivity contribution in [3.8, 4) is 0 Å². The van der Waals surface area contributed by atoms with Crippen molar-refractivity contribution >= 4 is 23.6 Å². The molecule has 0 saturated carbocycles. The number of ether oxygens (including phenoxy) is 1. The number of nitrogens with zero attached hydrogens (tertiary/aromatic N) is 1. The predicted molar refractivity (Wildman–Crippen MR) is 146 cm³/mol. The van der Waals surface area contributed by atoms with Gasteiger partial charge in [-0.15, -0.1) is 11.8 Å². The fraction of sp³-hybridized carbons (Fsp3) is 0.500. The van der Waals surface area contributed by atoms with E-state index in [9.17, 15) is 22.8 Å². The van der Waals surface area contributed by atoms with Gasteiger partial charge in [-0.2, -0.15) is 18.2 Å². The van der Waals surface area contributed by atoms with Crippen molar-refractivity contribution in [3.05, 3.63) is 64.8 Å². The van der Waals surface area contributed by atoms with Crippen molar-refractivity contribution in [2.24, 2.45) is 5.73 Å². The third-order valence-electron chi connectivity index (χ3n) is 5.26.